The summed E-state index contributed by atoms with van der Waals surface area (Å²) in [6, 6.07) is 13.4. The number of nitrogens with zero attached hydrogens (tertiary/aromatic N) is 2. The number of carbonyl (C=O) groups excluding carboxylic acids is 2. The lowest BCUT2D eigenvalue weighted by Crippen LogP contribution is -2.17. The number of hydrogen-bond acceptors (Lipinski definition) is 4. The van der Waals surface area contributed by atoms with Crippen molar-refractivity contribution in [2.24, 2.45) is 5.73 Å². The van der Waals surface area contributed by atoms with Gasteiger partial charge in [0.25, 0.3) is 5.91 Å². The van der Waals surface area contributed by atoms with Crippen LogP contribution in [0, 0.1) is 6.92 Å². The van der Waals surface area contributed by atoms with Gasteiger partial charge >= 0.3 is 0 Å². The lowest BCUT2D eigenvalue weighted by atomic mass is 9.87. The van der Waals surface area contributed by atoms with E-state index in [-0.39, 0.29) is 17.6 Å². The monoisotopic (exact) mass is 444 g/mol. The van der Waals surface area contributed by atoms with Crippen LogP contribution in [0.5, 0.6) is 0 Å². The highest BCUT2D eigenvalue weighted by Crippen LogP contribution is 2.29. The number of anilines is 1. The van der Waals surface area contributed by atoms with Gasteiger partial charge in [0.1, 0.15) is 0 Å². The predicted molar refractivity (Wildman–Crippen MR) is 133 cm³/mol. The summed E-state index contributed by atoms with van der Waals surface area (Å²) in [5.41, 5.74) is 11.0. The third-order valence-corrected chi connectivity index (χ3v) is 6.40. The Labute approximate surface area is 194 Å². The smallest absolute Gasteiger partial charge is 0.257 e. The van der Waals surface area contributed by atoms with Crippen molar-refractivity contribution in [3.63, 3.8) is 0 Å². The SMILES string of the molecule is Cc1ccc(C(=O)Nc2nc3cc(C(C)C(=O)C4=CCCCC4)ccc3n2CCCN)cc1. The fourth-order valence-electron chi connectivity index (χ4n) is 4.36. The number of amides is 1. The molecule has 3 N–H and O–H groups in total. The quantitative estimate of drug-likeness (QED) is 0.505. The minimum Gasteiger partial charge on any atom is -0.330 e. The van der Waals surface area contributed by atoms with E-state index in [1.807, 2.05) is 60.9 Å². The topological polar surface area (TPSA) is 90.0 Å². The molecule has 1 aromatic heterocycles. The average Bonchev–Trinajstić information content (AvgIpc) is 3.18. The Balaban J connectivity index is 1.64. The molecule has 1 atom stereocenters. The second-order valence-corrected chi connectivity index (χ2v) is 8.86. The van der Waals surface area contributed by atoms with Gasteiger partial charge < -0.3 is 10.3 Å². The van der Waals surface area contributed by atoms with Gasteiger partial charge in [0.05, 0.1) is 11.0 Å². The Kier molecular flexibility index (Phi) is 7.04. The Hall–Kier alpha value is -3.25. The number of rotatable bonds is 8. The van der Waals surface area contributed by atoms with Crippen molar-refractivity contribution in [2.75, 3.05) is 11.9 Å². The van der Waals surface area contributed by atoms with Gasteiger partial charge in [-0.15, -0.1) is 0 Å². The van der Waals surface area contributed by atoms with Crippen LogP contribution < -0.4 is 11.1 Å². The summed E-state index contributed by atoms with van der Waals surface area (Å²) in [5.74, 6) is 0.269. The van der Waals surface area contributed by atoms with Gasteiger partial charge in [-0.05, 0) is 81.0 Å². The molecule has 1 aliphatic carbocycles. The summed E-state index contributed by atoms with van der Waals surface area (Å²) >= 11 is 0. The second-order valence-electron chi connectivity index (χ2n) is 8.86. The molecule has 172 valence electrons. The number of aryl methyl sites for hydroxylation is 2. The fraction of sp³-hybridized carbons (Fsp3) is 0.370. The standard InChI is InChI=1S/C27H32N4O2/c1-18-9-11-21(12-10-18)26(33)30-27-29-23-17-22(13-14-24(23)31(27)16-6-15-28)19(2)25(32)20-7-4-3-5-8-20/h7,9-14,17,19H,3-6,8,15-16,28H2,1-2H3,(H,29,30,33). The maximum atomic E-state index is 13.0. The van der Waals surface area contributed by atoms with E-state index < -0.39 is 0 Å². The van der Waals surface area contributed by atoms with Crippen LogP contribution in [0.2, 0.25) is 0 Å². The number of aromatic nitrogens is 2. The number of allylic oxidation sites excluding steroid dienone is 2. The van der Waals surface area contributed by atoms with Crippen LogP contribution in [-0.2, 0) is 11.3 Å². The fourth-order valence-corrected chi connectivity index (χ4v) is 4.36. The minimum atomic E-state index is -0.224. The van der Waals surface area contributed by atoms with E-state index in [2.05, 4.69) is 11.4 Å². The largest absolute Gasteiger partial charge is 0.330 e. The molecular formula is C27H32N4O2. The first-order valence-corrected chi connectivity index (χ1v) is 11.8. The third kappa shape index (κ3) is 5.06. The molecular weight excluding hydrogens is 412 g/mol. The molecule has 6 heteroatoms. The predicted octanol–water partition coefficient (Wildman–Crippen LogP) is 5.12. The average molecular weight is 445 g/mol. The molecule has 0 aliphatic heterocycles. The van der Waals surface area contributed by atoms with Crippen LogP contribution in [0.25, 0.3) is 11.0 Å². The van der Waals surface area contributed by atoms with Crippen LogP contribution >= 0.6 is 0 Å². The molecule has 0 spiro atoms. The van der Waals surface area contributed by atoms with Crippen molar-refractivity contribution in [1.29, 1.82) is 0 Å². The van der Waals surface area contributed by atoms with E-state index in [1.54, 1.807) is 0 Å². The molecule has 33 heavy (non-hydrogen) atoms. The number of hydrogen-bond donors (Lipinski definition) is 2. The van der Waals surface area contributed by atoms with E-state index in [0.717, 1.165) is 59.8 Å². The Morgan fingerprint density at radius 1 is 1.15 bits per heavy atom. The van der Waals surface area contributed by atoms with Gasteiger partial charge in [-0.1, -0.05) is 36.8 Å². The number of benzene rings is 2. The molecule has 2 aromatic carbocycles. The number of nitrogens with one attached hydrogen (secondary N) is 1. The summed E-state index contributed by atoms with van der Waals surface area (Å²) in [4.78, 5) is 30.6. The van der Waals surface area contributed by atoms with E-state index >= 15 is 0 Å². The molecule has 1 amide bonds. The maximum Gasteiger partial charge on any atom is 0.257 e. The summed E-state index contributed by atoms with van der Waals surface area (Å²) in [6.45, 7) is 5.15. The number of carbonyl (C=O) groups is 2. The number of Topliss-reactive ketones (excluding diaryl/α,β-unsaturated/α-hetero) is 1. The van der Waals surface area contributed by atoms with Crippen LogP contribution in [0.15, 0.2) is 54.1 Å². The van der Waals surface area contributed by atoms with Gasteiger partial charge in [0.2, 0.25) is 5.95 Å². The molecule has 0 saturated heterocycles. The van der Waals surface area contributed by atoms with Crippen molar-refractivity contribution in [3.05, 3.63) is 70.8 Å². The first-order chi connectivity index (χ1) is 16.0. The van der Waals surface area contributed by atoms with E-state index in [1.165, 1.54) is 0 Å². The van der Waals surface area contributed by atoms with Gasteiger partial charge in [-0.3, -0.25) is 14.9 Å². The van der Waals surface area contributed by atoms with Crippen LogP contribution in [0.4, 0.5) is 5.95 Å². The summed E-state index contributed by atoms with van der Waals surface area (Å²) < 4.78 is 1.99. The van der Waals surface area contributed by atoms with E-state index in [0.29, 0.717) is 24.6 Å². The summed E-state index contributed by atoms with van der Waals surface area (Å²) in [7, 11) is 0. The van der Waals surface area contributed by atoms with E-state index in [9.17, 15) is 9.59 Å². The molecule has 1 heterocycles. The van der Waals surface area contributed by atoms with Gasteiger partial charge in [-0.25, -0.2) is 4.98 Å². The molecule has 4 rings (SSSR count). The normalized spacial score (nSPS) is 14.7. The molecule has 0 fully saturated rings. The highest BCUT2D eigenvalue weighted by atomic mass is 16.1. The lowest BCUT2D eigenvalue weighted by molar-refractivity contribution is -0.116. The minimum absolute atomic E-state index is 0.199. The van der Waals surface area contributed by atoms with Crippen molar-refractivity contribution in [1.82, 2.24) is 9.55 Å². The number of nitrogens with two attached hydrogens (primary N) is 1. The zero-order valence-corrected chi connectivity index (χ0v) is 19.4. The number of imidazole rings is 1. The van der Waals surface area contributed by atoms with Gasteiger partial charge in [0.15, 0.2) is 5.78 Å². The zero-order chi connectivity index (χ0) is 23.4. The molecule has 0 radical (unpaired) electrons. The first kappa shape index (κ1) is 22.9. The highest BCUT2D eigenvalue weighted by Gasteiger charge is 2.22. The number of fused-ring (bicyclic) bond motifs is 1. The molecule has 3 aromatic rings. The zero-order valence-electron chi connectivity index (χ0n) is 19.4. The molecule has 0 bridgehead atoms. The summed E-state index contributed by atoms with van der Waals surface area (Å²) in [5, 5.41) is 2.96. The van der Waals surface area contributed by atoms with Crippen LogP contribution in [0.3, 0.4) is 0 Å². The molecule has 0 saturated carbocycles. The van der Waals surface area contributed by atoms with Crippen molar-refractivity contribution < 1.29 is 9.59 Å². The highest BCUT2D eigenvalue weighted by molar-refractivity contribution is 6.04. The Morgan fingerprint density at radius 2 is 1.94 bits per heavy atom. The van der Waals surface area contributed by atoms with E-state index in [4.69, 9.17) is 10.7 Å². The second kappa shape index (κ2) is 10.1. The molecule has 1 aliphatic rings. The van der Waals surface area contributed by atoms with Gasteiger partial charge in [-0.2, -0.15) is 0 Å². The van der Waals surface area contributed by atoms with Crippen molar-refractivity contribution in [3.8, 4) is 0 Å². The van der Waals surface area contributed by atoms with Crippen LogP contribution in [-0.4, -0.2) is 27.8 Å². The maximum absolute atomic E-state index is 13.0. The summed E-state index contributed by atoms with van der Waals surface area (Å²) in [6.07, 6.45) is 6.97. The van der Waals surface area contributed by atoms with Gasteiger partial charge in [0, 0.05) is 18.0 Å². The van der Waals surface area contributed by atoms with Crippen molar-refractivity contribution >= 4 is 28.7 Å². The lowest BCUT2D eigenvalue weighted by Gasteiger charge is -2.16. The Morgan fingerprint density at radius 3 is 2.64 bits per heavy atom. The van der Waals surface area contributed by atoms with Crippen LogP contribution in [0.1, 0.15) is 66.4 Å². The first-order valence-electron chi connectivity index (χ1n) is 11.8. The molecule has 6 nitrogen and oxygen atoms in total. The van der Waals surface area contributed by atoms with Crippen molar-refractivity contribution in [2.45, 2.75) is 58.4 Å². The number of ketones is 1. The third-order valence-electron chi connectivity index (χ3n) is 6.40. The Bertz CT molecular complexity index is 1190. The molecule has 1 unspecified atom stereocenters.